The molecule has 0 aliphatic carbocycles. The Morgan fingerprint density at radius 1 is 1.38 bits per heavy atom. The van der Waals surface area contributed by atoms with E-state index in [-0.39, 0.29) is 11.3 Å². The molecule has 1 aromatic rings. The molecule has 4 heteroatoms. The second-order valence-electron chi connectivity index (χ2n) is 5.55. The Hall–Kier alpha value is -0.900. The number of nitrogens with zero attached hydrogens (tertiary/aromatic N) is 2. The van der Waals surface area contributed by atoms with Crippen molar-refractivity contribution in [2.45, 2.75) is 59.5 Å². The molecule has 0 saturated carbocycles. The van der Waals surface area contributed by atoms with Crippen LogP contribution in [0.3, 0.4) is 0 Å². The third-order valence-electron chi connectivity index (χ3n) is 2.56. The van der Waals surface area contributed by atoms with Gasteiger partial charge in [0.25, 0.3) is 0 Å². The molecule has 0 amide bonds. The van der Waals surface area contributed by atoms with E-state index in [1.54, 1.807) is 0 Å². The number of aliphatic hydroxyl groups is 1. The van der Waals surface area contributed by atoms with Gasteiger partial charge in [0.15, 0.2) is 5.82 Å². The first-order chi connectivity index (χ1) is 7.33. The highest BCUT2D eigenvalue weighted by Gasteiger charge is 2.22. The van der Waals surface area contributed by atoms with E-state index in [0.29, 0.717) is 12.3 Å². The van der Waals surface area contributed by atoms with Crippen molar-refractivity contribution in [3.63, 3.8) is 0 Å². The van der Waals surface area contributed by atoms with Crippen LogP contribution < -0.4 is 0 Å². The van der Waals surface area contributed by atoms with E-state index in [1.165, 1.54) is 0 Å². The molecule has 0 bridgehead atoms. The van der Waals surface area contributed by atoms with Crippen molar-refractivity contribution < 1.29 is 9.63 Å². The summed E-state index contributed by atoms with van der Waals surface area (Å²) in [6.45, 7) is 10.2. The van der Waals surface area contributed by atoms with Gasteiger partial charge < -0.3 is 9.63 Å². The first-order valence-electron chi connectivity index (χ1n) is 5.84. The molecule has 92 valence electrons. The highest BCUT2D eigenvalue weighted by atomic mass is 16.5. The Labute approximate surface area is 97.1 Å². The fourth-order valence-electron chi connectivity index (χ4n) is 1.52. The van der Waals surface area contributed by atoms with Crippen LogP contribution in [0.5, 0.6) is 0 Å². The zero-order chi connectivity index (χ0) is 12.3. The molecule has 0 aliphatic heterocycles. The maximum absolute atomic E-state index is 9.69. The van der Waals surface area contributed by atoms with Crippen LogP contribution in [0.4, 0.5) is 0 Å². The van der Waals surface area contributed by atoms with Crippen molar-refractivity contribution >= 4 is 0 Å². The standard InChI is InChI=1S/C12H22N2O2/c1-6-9(15)8(2)11-13-10(14-16-11)7-12(3,4)5/h8-9,15H,6-7H2,1-5H3. The second-order valence-corrected chi connectivity index (χ2v) is 5.55. The van der Waals surface area contributed by atoms with Crippen LogP contribution in [0.25, 0.3) is 0 Å². The van der Waals surface area contributed by atoms with Crippen molar-refractivity contribution in [1.29, 1.82) is 0 Å². The van der Waals surface area contributed by atoms with Crippen LogP contribution in [0.2, 0.25) is 0 Å². The summed E-state index contributed by atoms with van der Waals surface area (Å²) in [6.07, 6.45) is 1.06. The smallest absolute Gasteiger partial charge is 0.232 e. The Morgan fingerprint density at radius 2 is 2.00 bits per heavy atom. The van der Waals surface area contributed by atoms with Gasteiger partial charge in [-0.1, -0.05) is 39.8 Å². The van der Waals surface area contributed by atoms with E-state index in [2.05, 4.69) is 30.9 Å². The van der Waals surface area contributed by atoms with E-state index in [1.807, 2.05) is 13.8 Å². The molecule has 1 rings (SSSR count). The third-order valence-corrected chi connectivity index (χ3v) is 2.56. The quantitative estimate of drug-likeness (QED) is 0.857. The predicted octanol–water partition coefficient (Wildman–Crippen LogP) is 2.53. The normalized spacial score (nSPS) is 16.1. The van der Waals surface area contributed by atoms with Gasteiger partial charge in [-0.05, 0) is 11.8 Å². The fourth-order valence-corrected chi connectivity index (χ4v) is 1.52. The minimum Gasteiger partial charge on any atom is -0.392 e. The van der Waals surface area contributed by atoms with Gasteiger partial charge in [0.05, 0.1) is 12.0 Å². The number of hydrogen-bond acceptors (Lipinski definition) is 4. The van der Waals surface area contributed by atoms with Crippen LogP contribution in [-0.4, -0.2) is 21.4 Å². The maximum Gasteiger partial charge on any atom is 0.232 e. The Balaban J connectivity index is 2.71. The van der Waals surface area contributed by atoms with Gasteiger partial charge in [-0.15, -0.1) is 0 Å². The molecular formula is C12H22N2O2. The molecule has 0 aromatic carbocycles. The molecule has 1 heterocycles. The van der Waals surface area contributed by atoms with Crippen LogP contribution in [0.1, 0.15) is 58.7 Å². The van der Waals surface area contributed by atoms with Crippen molar-refractivity contribution in [2.75, 3.05) is 0 Å². The average molecular weight is 226 g/mol. The number of aliphatic hydroxyl groups excluding tert-OH is 1. The van der Waals surface area contributed by atoms with Gasteiger partial charge in [0.1, 0.15) is 0 Å². The molecule has 2 atom stereocenters. The van der Waals surface area contributed by atoms with E-state index in [0.717, 1.165) is 12.2 Å². The molecule has 0 saturated heterocycles. The summed E-state index contributed by atoms with van der Waals surface area (Å²) in [4.78, 5) is 4.33. The number of rotatable bonds is 4. The summed E-state index contributed by atoms with van der Waals surface area (Å²) in [5.74, 6) is 1.16. The highest BCUT2D eigenvalue weighted by molar-refractivity contribution is 4.96. The van der Waals surface area contributed by atoms with Gasteiger partial charge in [0, 0.05) is 6.42 Å². The lowest BCUT2D eigenvalue weighted by Crippen LogP contribution is -2.15. The minimum atomic E-state index is -0.414. The summed E-state index contributed by atoms with van der Waals surface area (Å²) >= 11 is 0. The van der Waals surface area contributed by atoms with Gasteiger partial charge in [-0.25, -0.2) is 0 Å². The summed E-state index contributed by atoms with van der Waals surface area (Å²) in [7, 11) is 0. The number of aromatic nitrogens is 2. The summed E-state index contributed by atoms with van der Waals surface area (Å²) < 4.78 is 5.17. The van der Waals surface area contributed by atoms with Crippen molar-refractivity contribution in [1.82, 2.24) is 10.1 Å². The van der Waals surface area contributed by atoms with Crippen LogP contribution >= 0.6 is 0 Å². The van der Waals surface area contributed by atoms with Gasteiger partial charge in [-0.3, -0.25) is 0 Å². The first-order valence-corrected chi connectivity index (χ1v) is 5.84. The topological polar surface area (TPSA) is 59.2 Å². The van der Waals surface area contributed by atoms with E-state index in [9.17, 15) is 5.11 Å². The molecule has 4 nitrogen and oxygen atoms in total. The molecular weight excluding hydrogens is 204 g/mol. The van der Waals surface area contributed by atoms with E-state index < -0.39 is 6.10 Å². The largest absolute Gasteiger partial charge is 0.392 e. The Morgan fingerprint density at radius 3 is 2.50 bits per heavy atom. The summed E-state index contributed by atoms with van der Waals surface area (Å²) in [6, 6.07) is 0. The molecule has 1 aromatic heterocycles. The van der Waals surface area contributed by atoms with E-state index in [4.69, 9.17) is 4.52 Å². The minimum absolute atomic E-state index is 0.0915. The molecule has 0 spiro atoms. The Kier molecular flexibility index (Phi) is 4.08. The maximum atomic E-state index is 9.69. The number of hydrogen-bond donors (Lipinski definition) is 1. The molecule has 0 radical (unpaired) electrons. The predicted molar refractivity (Wildman–Crippen MR) is 62.2 cm³/mol. The van der Waals surface area contributed by atoms with Gasteiger partial charge in [0.2, 0.25) is 5.89 Å². The second kappa shape index (κ2) is 4.95. The average Bonchev–Trinajstić information content (AvgIpc) is 2.61. The lowest BCUT2D eigenvalue weighted by atomic mass is 9.92. The van der Waals surface area contributed by atoms with Crippen LogP contribution in [0, 0.1) is 5.41 Å². The first kappa shape index (κ1) is 13.2. The molecule has 16 heavy (non-hydrogen) atoms. The lowest BCUT2D eigenvalue weighted by molar-refractivity contribution is 0.129. The van der Waals surface area contributed by atoms with E-state index >= 15 is 0 Å². The fraction of sp³-hybridized carbons (Fsp3) is 0.833. The monoisotopic (exact) mass is 226 g/mol. The summed E-state index contributed by atoms with van der Waals surface area (Å²) in [5.41, 5.74) is 0.147. The zero-order valence-electron chi connectivity index (χ0n) is 10.8. The Bertz CT molecular complexity index is 328. The molecule has 0 fully saturated rings. The van der Waals surface area contributed by atoms with Crippen molar-refractivity contribution in [2.24, 2.45) is 5.41 Å². The van der Waals surface area contributed by atoms with Gasteiger partial charge in [-0.2, -0.15) is 4.98 Å². The van der Waals surface area contributed by atoms with Gasteiger partial charge >= 0.3 is 0 Å². The SMILES string of the molecule is CCC(O)C(C)c1nc(CC(C)(C)C)no1. The molecule has 2 unspecified atom stereocenters. The zero-order valence-corrected chi connectivity index (χ0v) is 10.8. The molecule has 0 aliphatic rings. The third kappa shape index (κ3) is 3.59. The van der Waals surface area contributed by atoms with Crippen molar-refractivity contribution in [3.05, 3.63) is 11.7 Å². The van der Waals surface area contributed by atoms with Crippen molar-refractivity contribution in [3.8, 4) is 0 Å². The molecule has 1 N–H and O–H groups in total. The summed E-state index contributed by atoms with van der Waals surface area (Å²) in [5, 5.41) is 13.6. The highest BCUT2D eigenvalue weighted by Crippen LogP contribution is 2.22. The van der Waals surface area contributed by atoms with Crippen LogP contribution in [-0.2, 0) is 6.42 Å². The lowest BCUT2D eigenvalue weighted by Gasteiger charge is -2.14. The van der Waals surface area contributed by atoms with Crippen LogP contribution in [0.15, 0.2) is 4.52 Å².